The predicted octanol–water partition coefficient (Wildman–Crippen LogP) is 13.7. The number of nitrogens with one attached hydrogen (secondary N) is 1. The Morgan fingerprint density at radius 1 is 0.527 bits per heavy atom. The molecular weight excluding hydrogens is 1270 g/mol. The molecule has 8 atom stereocenters. The van der Waals surface area contributed by atoms with Crippen molar-refractivity contribution in [3.05, 3.63) is 161 Å². The van der Waals surface area contributed by atoms with E-state index in [0.29, 0.717) is 59.5 Å². The second kappa shape index (κ2) is 27.0. The summed E-state index contributed by atoms with van der Waals surface area (Å²) in [6, 6.07) is 32.6. The molecule has 91 heavy (non-hydrogen) atoms. The average Bonchev–Trinajstić information content (AvgIpc) is 1.57. The molecule has 8 aliphatic heterocycles. The van der Waals surface area contributed by atoms with Gasteiger partial charge in [-0.25, -0.2) is 14.8 Å². The van der Waals surface area contributed by atoms with Gasteiger partial charge in [-0.05, 0) is 185 Å². The van der Waals surface area contributed by atoms with E-state index >= 15 is 0 Å². The van der Waals surface area contributed by atoms with Gasteiger partial charge in [-0.15, -0.1) is 0 Å². The lowest BCUT2D eigenvalue weighted by atomic mass is 9.81. The van der Waals surface area contributed by atoms with Gasteiger partial charge in [0.25, 0.3) is 5.91 Å². The van der Waals surface area contributed by atoms with Crippen LogP contribution in [0.2, 0.25) is 20.1 Å². The summed E-state index contributed by atoms with van der Waals surface area (Å²) >= 11 is 27.5. The van der Waals surface area contributed by atoms with Crippen molar-refractivity contribution in [3.63, 3.8) is 0 Å². The molecule has 3 amide bonds. The number of aliphatic carboxylic acids is 1. The number of amidine groups is 2. The molecule has 2 aliphatic carbocycles. The van der Waals surface area contributed by atoms with Crippen LogP contribution in [0.15, 0.2) is 128 Å². The fraction of sp³-hybridized carbons (Fsp3) is 0.514. The third kappa shape index (κ3) is 13.4. The highest BCUT2D eigenvalue weighted by Crippen LogP contribution is 2.58. The van der Waals surface area contributed by atoms with Gasteiger partial charge >= 0.3 is 5.97 Å². The van der Waals surface area contributed by atoms with Gasteiger partial charge in [0.1, 0.15) is 26.9 Å². The molecule has 4 saturated heterocycles. The largest absolute Gasteiger partial charge is 0.477 e. The number of rotatable bonds is 12. The number of carbonyl (C=O) groups is 4. The number of carbonyl (C=O) groups excluding carboxylic acids is 3. The summed E-state index contributed by atoms with van der Waals surface area (Å²) in [5.74, 6) is -0.449. The standard InChI is InChI=1S/C35H41Cl2N5O2S.C22H20Cl2N2O2S.C13H23N3O/c1-21(2)29-30(33(44)41-22(3)5-16-28(41)32(43)40-19-17-39(18-20-40)27-14-15-27)45-34-38-35(4,24-8-12-26(37)13-9-24)31(42(29)34)23-6-10-25(36)11-7-23;1-12(2)17-18(20(27)28)29-21-25-22(3,14-6-10-16(24)11-7-14)19(26(17)21)13-4-8-15(23)9-5-13;1-10-2-5-12(14-10)13(17)16-8-6-15(7-9-16)11-3-4-11/h6-13,21-22,27-28,31H,5,14-20H2,1-4H3;4-12,19H,1-3H3,(H,27,28);10-12,14H,2-9H2,1H3/t22-,28+,31-,35+;19-,22+;10-,12+/m111/s1. The molecule has 0 radical (unpaired) electrons. The number of likely N-dealkylation sites (tertiary alicyclic amines) is 1. The number of piperazine rings is 2. The van der Waals surface area contributed by atoms with Crippen LogP contribution in [0, 0.1) is 11.8 Å². The number of aliphatic imine (C=N–C) groups is 2. The topological polar surface area (TPSA) is 148 Å². The summed E-state index contributed by atoms with van der Waals surface area (Å²) < 4.78 is 0. The van der Waals surface area contributed by atoms with Crippen LogP contribution in [0.4, 0.5) is 0 Å². The van der Waals surface area contributed by atoms with E-state index in [9.17, 15) is 24.3 Å². The highest BCUT2D eigenvalue weighted by atomic mass is 35.5. The summed E-state index contributed by atoms with van der Waals surface area (Å²) in [6.07, 6.45) is 8.98. The quantitative estimate of drug-likeness (QED) is 0.139. The summed E-state index contributed by atoms with van der Waals surface area (Å²) in [4.78, 5) is 79.6. The molecule has 0 spiro atoms. The van der Waals surface area contributed by atoms with Gasteiger partial charge in [0.2, 0.25) is 11.8 Å². The summed E-state index contributed by atoms with van der Waals surface area (Å²) in [7, 11) is 0. The maximum atomic E-state index is 14.7. The molecule has 8 heterocycles. The maximum absolute atomic E-state index is 14.7. The highest BCUT2D eigenvalue weighted by molar-refractivity contribution is 8.18. The monoisotopic (exact) mass is 1350 g/mol. The van der Waals surface area contributed by atoms with Crippen LogP contribution in [0.25, 0.3) is 0 Å². The summed E-state index contributed by atoms with van der Waals surface area (Å²) in [5, 5.41) is 17.3. The molecule has 4 aromatic rings. The normalized spacial score (nSPS) is 28.3. The van der Waals surface area contributed by atoms with E-state index < -0.39 is 23.1 Å². The number of carboxylic acid groups (broad SMARTS) is 1. The van der Waals surface area contributed by atoms with E-state index in [2.05, 4.69) is 83.5 Å². The third-order valence-corrected chi connectivity index (χ3v) is 23.1. The van der Waals surface area contributed by atoms with Crippen molar-refractivity contribution < 1.29 is 24.3 Å². The number of hydrogen-bond donors (Lipinski definition) is 2. The number of amides is 3. The number of carboxylic acids is 1. The number of halogens is 4. The number of nitrogens with zero attached hydrogens (tertiary/aromatic N) is 9. The van der Waals surface area contributed by atoms with Crippen molar-refractivity contribution in [2.45, 2.75) is 166 Å². The zero-order chi connectivity index (χ0) is 64.4. The number of allylic oxidation sites excluding steroid dienone is 2. The predicted molar refractivity (Wildman–Crippen MR) is 368 cm³/mol. The molecule has 14 rings (SSSR count). The summed E-state index contributed by atoms with van der Waals surface area (Å²) in [5.41, 5.74) is 4.67. The van der Waals surface area contributed by atoms with Crippen molar-refractivity contribution in [1.29, 1.82) is 0 Å². The van der Waals surface area contributed by atoms with E-state index in [1.54, 1.807) is 0 Å². The van der Waals surface area contributed by atoms with Gasteiger partial charge in [0.15, 0.2) is 10.3 Å². The smallest absolute Gasteiger partial charge is 0.344 e. The molecule has 2 saturated carbocycles. The van der Waals surface area contributed by atoms with Gasteiger partial charge in [0, 0.05) is 108 Å². The molecule has 15 nitrogen and oxygen atoms in total. The zero-order valence-corrected chi connectivity index (χ0v) is 57.9. The summed E-state index contributed by atoms with van der Waals surface area (Å²) in [6.45, 7) is 24.2. The van der Waals surface area contributed by atoms with Gasteiger partial charge in [-0.1, -0.05) is 123 Å². The first kappa shape index (κ1) is 66.0. The fourth-order valence-corrected chi connectivity index (χ4v) is 18.0. The highest BCUT2D eigenvalue weighted by Gasteiger charge is 2.56. The van der Waals surface area contributed by atoms with Crippen LogP contribution in [-0.2, 0) is 30.3 Å². The molecule has 0 aromatic heterocycles. The molecule has 4 aromatic carbocycles. The van der Waals surface area contributed by atoms with Gasteiger partial charge in [-0.2, -0.15) is 0 Å². The fourth-order valence-electron chi connectivity index (χ4n) is 14.9. The Morgan fingerprint density at radius 2 is 0.923 bits per heavy atom. The van der Waals surface area contributed by atoms with Crippen molar-refractivity contribution in [1.82, 2.24) is 39.6 Å². The van der Waals surface area contributed by atoms with Crippen LogP contribution < -0.4 is 5.32 Å². The van der Waals surface area contributed by atoms with Crippen LogP contribution >= 0.6 is 69.9 Å². The number of fused-ring (bicyclic) bond motifs is 2. The molecular formula is C70H84Cl4N10O5S2. The third-order valence-electron chi connectivity index (χ3n) is 20.0. The minimum Gasteiger partial charge on any atom is -0.477 e. The van der Waals surface area contributed by atoms with Crippen LogP contribution in [0.3, 0.4) is 0 Å². The van der Waals surface area contributed by atoms with Crippen molar-refractivity contribution in [2.24, 2.45) is 21.8 Å². The van der Waals surface area contributed by atoms with Crippen LogP contribution in [0.5, 0.6) is 0 Å². The van der Waals surface area contributed by atoms with Crippen LogP contribution in [-0.4, -0.2) is 162 Å². The molecule has 0 unspecified atom stereocenters. The van der Waals surface area contributed by atoms with E-state index in [4.69, 9.17) is 56.4 Å². The molecule has 484 valence electrons. The molecule has 2 N–H and O–H groups in total. The number of thioether (sulfide) groups is 2. The minimum atomic E-state index is -0.918. The Hall–Kier alpha value is -5.08. The average molecular weight is 1350 g/mol. The van der Waals surface area contributed by atoms with Gasteiger partial charge < -0.3 is 34.9 Å². The first-order valence-corrected chi connectivity index (χ1v) is 35.7. The lowest BCUT2D eigenvalue weighted by Crippen LogP contribution is -2.55. The van der Waals surface area contributed by atoms with Crippen molar-refractivity contribution >= 4 is 104 Å². The van der Waals surface area contributed by atoms with E-state index in [0.717, 1.165) is 116 Å². The zero-order valence-electron chi connectivity index (χ0n) is 53.3. The first-order valence-electron chi connectivity index (χ1n) is 32.6. The maximum Gasteiger partial charge on any atom is 0.344 e. The number of hydrogen-bond acceptors (Lipinski definition) is 13. The van der Waals surface area contributed by atoms with Gasteiger partial charge in [-0.3, -0.25) is 24.2 Å². The van der Waals surface area contributed by atoms with E-state index in [-0.39, 0.29) is 47.8 Å². The Labute approximate surface area is 565 Å². The van der Waals surface area contributed by atoms with Crippen molar-refractivity contribution in [3.8, 4) is 0 Å². The Kier molecular flexibility index (Phi) is 19.5. The van der Waals surface area contributed by atoms with Crippen LogP contribution in [0.1, 0.15) is 141 Å². The molecule has 6 fully saturated rings. The minimum absolute atomic E-state index is 0.00973. The Balaban J connectivity index is 0.000000148. The van der Waals surface area contributed by atoms with Gasteiger partial charge in [0.05, 0.1) is 18.1 Å². The second-order valence-corrected chi connectivity index (χ2v) is 30.7. The van der Waals surface area contributed by atoms with E-state index in [1.807, 2.05) is 109 Å². The van der Waals surface area contributed by atoms with Crippen molar-refractivity contribution in [2.75, 3.05) is 52.4 Å². The number of benzene rings is 4. The van der Waals surface area contributed by atoms with E-state index in [1.165, 1.54) is 49.2 Å². The Bertz CT molecular complexity index is 3530. The molecule has 10 aliphatic rings. The lowest BCUT2D eigenvalue weighted by molar-refractivity contribution is -0.144. The molecule has 21 heteroatoms. The molecule has 0 bridgehead atoms. The lowest BCUT2D eigenvalue weighted by Gasteiger charge is -2.38. The first-order chi connectivity index (χ1) is 43.5. The SMILES string of the molecule is CC(C)C1=C(C(=O)N2[C@H](C)CC[C@H]2C(=O)N2CCN(C3CC3)CC2)SC2=N[C@@](C)(c3ccc(Cl)cc3)[C@@H](c3ccc(Cl)cc3)N21.CC(C)C1=C(C(=O)O)SC2=N[C@@](C)(c3ccc(Cl)cc3)[C@@H](c3ccc(Cl)cc3)N21.C[C@@H]1CC[C@@H](C(=O)N2CCN(C3CC3)CC2)N1. The second-order valence-electron chi connectivity index (χ2n) is 27.0. The Morgan fingerprint density at radius 3 is 1.31 bits per heavy atom.